The Kier molecular flexibility index (Phi) is 23.9. The van der Waals surface area contributed by atoms with Gasteiger partial charge in [-0.25, -0.2) is 4.99 Å². The predicted octanol–water partition coefficient (Wildman–Crippen LogP) is 8.11. The normalized spacial score (nSPS) is 11.5. The van der Waals surface area contributed by atoms with Crippen LogP contribution < -0.4 is 10.6 Å². The first kappa shape index (κ1) is 34.4. The molecule has 1 heterocycles. The predicted molar refractivity (Wildman–Crippen MR) is 155 cm³/mol. The average Bonchev–Trinajstić information content (AvgIpc) is 2.88. The molecule has 0 aliphatic rings. The van der Waals surface area contributed by atoms with Crippen molar-refractivity contribution in [3.63, 3.8) is 0 Å². The molecule has 0 atom stereocenters. The van der Waals surface area contributed by atoms with E-state index in [9.17, 15) is 4.39 Å². The number of aromatic nitrogens is 1. The molecular formula is C30H49FN4. The summed E-state index contributed by atoms with van der Waals surface area (Å²) >= 11 is 0. The molecule has 0 saturated carbocycles. The average molecular weight is 485 g/mol. The fourth-order valence-electron chi connectivity index (χ4n) is 2.48. The summed E-state index contributed by atoms with van der Waals surface area (Å²) in [5, 5.41) is 6.72. The smallest absolute Gasteiger partial charge is 0.103 e. The lowest BCUT2D eigenvalue weighted by atomic mass is 10.1. The molecule has 1 rings (SSSR count). The Morgan fingerprint density at radius 3 is 2.31 bits per heavy atom. The Morgan fingerprint density at radius 1 is 1.09 bits per heavy atom. The van der Waals surface area contributed by atoms with E-state index in [1.165, 1.54) is 6.42 Å². The molecule has 0 radical (unpaired) electrons. The number of aryl methyl sites for hydroxylation is 1. The molecule has 0 unspecified atom stereocenters. The van der Waals surface area contributed by atoms with Gasteiger partial charge in [0.05, 0.1) is 6.67 Å². The molecule has 0 aliphatic carbocycles. The summed E-state index contributed by atoms with van der Waals surface area (Å²) in [7, 11) is 0. The third-order valence-corrected chi connectivity index (χ3v) is 4.43. The largest absolute Gasteiger partial charge is 0.344 e. The molecule has 1 aromatic rings. The van der Waals surface area contributed by atoms with Gasteiger partial charge in [-0.15, -0.1) is 0 Å². The van der Waals surface area contributed by atoms with Crippen LogP contribution in [0.25, 0.3) is 5.57 Å². The van der Waals surface area contributed by atoms with E-state index in [1.54, 1.807) is 13.1 Å². The lowest BCUT2D eigenvalue weighted by Crippen LogP contribution is -2.18. The van der Waals surface area contributed by atoms with Crippen LogP contribution in [0.2, 0.25) is 0 Å². The summed E-state index contributed by atoms with van der Waals surface area (Å²) in [4.78, 5) is 8.73. The highest BCUT2D eigenvalue weighted by molar-refractivity contribution is 5.82. The number of aliphatic imine (C=N–C) groups is 1. The minimum absolute atomic E-state index is 0.181. The highest BCUT2D eigenvalue weighted by Gasteiger charge is 1.96. The third-order valence-electron chi connectivity index (χ3n) is 4.43. The Hall–Kier alpha value is -2.79. The first-order chi connectivity index (χ1) is 16.9. The van der Waals surface area contributed by atoms with Crippen LogP contribution in [0.5, 0.6) is 0 Å². The van der Waals surface area contributed by atoms with E-state index in [2.05, 4.69) is 46.8 Å². The van der Waals surface area contributed by atoms with Gasteiger partial charge in [-0.2, -0.15) is 0 Å². The minimum Gasteiger partial charge on any atom is -0.344 e. The van der Waals surface area contributed by atoms with Crippen LogP contribution in [0, 0.1) is 6.92 Å². The van der Waals surface area contributed by atoms with Crippen LogP contribution in [0.3, 0.4) is 0 Å². The Bertz CT molecular complexity index is 800. The maximum absolute atomic E-state index is 10.7. The van der Waals surface area contributed by atoms with Crippen molar-refractivity contribution in [3.8, 4) is 0 Å². The monoisotopic (exact) mass is 484 g/mol. The van der Waals surface area contributed by atoms with Gasteiger partial charge in [-0.1, -0.05) is 64.6 Å². The van der Waals surface area contributed by atoms with Crippen molar-refractivity contribution in [1.29, 1.82) is 0 Å². The zero-order valence-corrected chi connectivity index (χ0v) is 23.3. The van der Waals surface area contributed by atoms with Gasteiger partial charge in [0, 0.05) is 23.8 Å². The standard InChI is InChI=1S/C25H36N4.C3H7F.C2H6/c1-7-16-26-17-9-10-20(3)11-14-25(8-2)29-23(6)27-18-15-21(4)24-13-12-22(5)28-19-24;1-2-3-4;1-2/h8,11-15,18-19,26H,3-4,7,9-10,16-17H2,1-2,5-6H3,(H,27,29);2-3H2,1H3;1-2H3/b14-11-,18-15-,25-8+;;. The Balaban J connectivity index is 0. The summed E-state index contributed by atoms with van der Waals surface area (Å²) in [5.74, 6) is 0.809. The van der Waals surface area contributed by atoms with Gasteiger partial charge in [-0.3, -0.25) is 9.37 Å². The molecule has 0 aliphatic heterocycles. The molecule has 1 aromatic heterocycles. The molecule has 0 aromatic carbocycles. The fraction of sp³-hybridized carbons (Fsp3) is 0.467. The van der Waals surface area contributed by atoms with E-state index in [0.717, 1.165) is 59.9 Å². The maximum Gasteiger partial charge on any atom is 0.103 e. The van der Waals surface area contributed by atoms with Gasteiger partial charge in [0.25, 0.3) is 0 Å². The summed E-state index contributed by atoms with van der Waals surface area (Å²) in [6.45, 7) is 24.0. The number of pyridine rings is 1. The van der Waals surface area contributed by atoms with Crippen molar-refractivity contribution in [1.82, 2.24) is 15.6 Å². The molecule has 196 valence electrons. The summed E-state index contributed by atoms with van der Waals surface area (Å²) in [6, 6.07) is 3.99. The van der Waals surface area contributed by atoms with Crippen LogP contribution in [-0.4, -0.2) is 30.6 Å². The third kappa shape index (κ3) is 20.3. The molecule has 0 fully saturated rings. The van der Waals surface area contributed by atoms with E-state index in [0.29, 0.717) is 6.42 Å². The van der Waals surface area contributed by atoms with Gasteiger partial charge in [0.15, 0.2) is 0 Å². The zero-order valence-electron chi connectivity index (χ0n) is 23.3. The summed E-state index contributed by atoms with van der Waals surface area (Å²) in [5.41, 5.74) is 4.98. The number of nitrogens with one attached hydrogen (secondary N) is 2. The van der Waals surface area contributed by atoms with Gasteiger partial charge in [0.1, 0.15) is 5.84 Å². The molecule has 5 heteroatoms. The van der Waals surface area contributed by atoms with E-state index in [1.807, 2.05) is 71.2 Å². The van der Waals surface area contributed by atoms with Gasteiger partial charge in [0.2, 0.25) is 0 Å². The SMILES string of the molecule is C=C(/C=C\C(=C/C)NC(C)=N/C=C\C(=C)c1ccc(C)nc1)CCCNCCC.CC.CCCF. The van der Waals surface area contributed by atoms with Crippen molar-refractivity contribution in [2.45, 2.75) is 74.1 Å². The summed E-state index contributed by atoms with van der Waals surface area (Å²) in [6.07, 6.45) is 15.5. The molecule has 0 amide bonds. The highest BCUT2D eigenvalue weighted by Crippen LogP contribution is 2.12. The molecule has 0 bridgehead atoms. The number of hydrogen-bond donors (Lipinski definition) is 2. The van der Waals surface area contributed by atoms with Crippen LogP contribution in [-0.2, 0) is 0 Å². The number of hydrogen-bond acceptors (Lipinski definition) is 3. The number of amidine groups is 1. The van der Waals surface area contributed by atoms with Crippen LogP contribution in [0.1, 0.15) is 78.5 Å². The van der Waals surface area contributed by atoms with Gasteiger partial charge >= 0.3 is 0 Å². The van der Waals surface area contributed by atoms with Crippen molar-refractivity contribution >= 4 is 11.4 Å². The van der Waals surface area contributed by atoms with Crippen molar-refractivity contribution < 1.29 is 4.39 Å². The van der Waals surface area contributed by atoms with Crippen molar-refractivity contribution in [2.24, 2.45) is 4.99 Å². The van der Waals surface area contributed by atoms with E-state index in [4.69, 9.17) is 0 Å². The zero-order chi connectivity index (χ0) is 26.9. The Morgan fingerprint density at radius 2 is 1.77 bits per heavy atom. The fourth-order valence-corrected chi connectivity index (χ4v) is 2.48. The maximum atomic E-state index is 10.7. The number of rotatable bonds is 13. The molecule has 4 nitrogen and oxygen atoms in total. The van der Waals surface area contributed by atoms with Gasteiger partial charge in [-0.05, 0) is 88.9 Å². The first-order valence-electron chi connectivity index (χ1n) is 12.8. The number of allylic oxidation sites excluding steroid dienone is 6. The molecule has 0 spiro atoms. The first-order valence-corrected chi connectivity index (χ1v) is 12.8. The second-order valence-electron chi connectivity index (χ2n) is 7.65. The minimum atomic E-state index is -0.181. The van der Waals surface area contributed by atoms with E-state index < -0.39 is 0 Å². The van der Waals surface area contributed by atoms with Crippen molar-refractivity contribution in [2.75, 3.05) is 19.8 Å². The van der Waals surface area contributed by atoms with Crippen LogP contribution in [0.4, 0.5) is 4.39 Å². The number of nitrogens with zero attached hydrogens (tertiary/aromatic N) is 2. The van der Waals surface area contributed by atoms with E-state index in [-0.39, 0.29) is 6.67 Å². The number of halogens is 1. The molecule has 35 heavy (non-hydrogen) atoms. The summed E-state index contributed by atoms with van der Waals surface area (Å²) < 4.78 is 10.7. The topological polar surface area (TPSA) is 49.3 Å². The van der Waals surface area contributed by atoms with E-state index >= 15 is 0 Å². The highest BCUT2D eigenvalue weighted by atomic mass is 19.1. The lowest BCUT2D eigenvalue weighted by molar-refractivity contribution is 0.487. The second kappa shape index (κ2) is 24.3. The molecular weight excluding hydrogens is 435 g/mol. The van der Waals surface area contributed by atoms with Crippen LogP contribution >= 0.6 is 0 Å². The molecule has 0 saturated heterocycles. The van der Waals surface area contributed by atoms with Crippen molar-refractivity contribution in [3.05, 3.63) is 84.5 Å². The number of alkyl halides is 1. The molecule has 2 N–H and O–H groups in total. The Labute approximate surface area is 214 Å². The van der Waals surface area contributed by atoms with Crippen LogP contribution in [0.15, 0.2) is 78.3 Å². The van der Waals surface area contributed by atoms with Gasteiger partial charge < -0.3 is 10.6 Å². The second-order valence-corrected chi connectivity index (χ2v) is 7.65. The lowest BCUT2D eigenvalue weighted by Gasteiger charge is -2.06. The quantitative estimate of drug-likeness (QED) is 0.129.